The number of carboxylic acid groups (broad SMARTS) is 1. The minimum Gasteiger partial charge on any atom is -0.490 e. The Balaban J connectivity index is 1.72. The van der Waals surface area contributed by atoms with Crippen LogP contribution in [0.3, 0.4) is 0 Å². The van der Waals surface area contributed by atoms with Gasteiger partial charge in [-0.2, -0.15) is 0 Å². The SMILES string of the molecule is C=C1Cc2c(C)c([C@H](OC(C)(C)C)C(=O)O)c(-c3cc(F)c4c(c3C)CCCO4)c(C)c2CN1CC1CCOCC1. The lowest BCUT2D eigenvalue weighted by Crippen LogP contribution is -2.36. The van der Waals surface area contributed by atoms with Gasteiger partial charge in [0, 0.05) is 49.5 Å². The molecule has 6 nitrogen and oxygen atoms in total. The molecule has 3 heterocycles. The van der Waals surface area contributed by atoms with Gasteiger partial charge in [0.2, 0.25) is 0 Å². The largest absolute Gasteiger partial charge is 0.490 e. The van der Waals surface area contributed by atoms with Gasteiger partial charge in [-0.05, 0) is 118 Å². The summed E-state index contributed by atoms with van der Waals surface area (Å²) in [6, 6.07) is 1.54. The van der Waals surface area contributed by atoms with E-state index in [4.69, 9.17) is 14.2 Å². The van der Waals surface area contributed by atoms with Gasteiger partial charge in [0.05, 0.1) is 12.2 Å². The van der Waals surface area contributed by atoms with Crippen LogP contribution in [-0.4, -0.2) is 47.9 Å². The molecular formula is C34H44FNO5. The molecule has 1 N–H and O–H groups in total. The maximum atomic E-state index is 15.6. The van der Waals surface area contributed by atoms with Gasteiger partial charge in [-0.15, -0.1) is 0 Å². The molecule has 1 atom stereocenters. The monoisotopic (exact) mass is 565 g/mol. The highest BCUT2D eigenvalue weighted by Crippen LogP contribution is 2.47. The third-order valence-corrected chi connectivity index (χ3v) is 8.98. The maximum Gasteiger partial charge on any atom is 0.337 e. The van der Waals surface area contributed by atoms with Crippen molar-refractivity contribution < 1.29 is 28.5 Å². The van der Waals surface area contributed by atoms with Crippen molar-refractivity contribution in [2.45, 2.75) is 91.9 Å². The molecule has 0 aromatic heterocycles. The molecule has 1 fully saturated rings. The molecule has 1 saturated heterocycles. The Morgan fingerprint density at radius 3 is 2.49 bits per heavy atom. The fraction of sp³-hybridized carbons (Fsp3) is 0.559. The molecule has 0 unspecified atom stereocenters. The van der Waals surface area contributed by atoms with Crippen LogP contribution in [0.4, 0.5) is 4.39 Å². The fourth-order valence-electron chi connectivity index (χ4n) is 6.84. The van der Waals surface area contributed by atoms with E-state index in [2.05, 4.69) is 18.4 Å². The summed E-state index contributed by atoms with van der Waals surface area (Å²) in [5, 5.41) is 10.5. The molecule has 0 radical (unpaired) electrons. The fourth-order valence-corrected chi connectivity index (χ4v) is 6.84. The Hall–Kier alpha value is -2.90. The number of carbonyl (C=O) groups is 1. The van der Waals surface area contributed by atoms with Crippen molar-refractivity contribution in [3.8, 4) is 16.9 Å². The minimum absolute atomic E-state index is 0.325. The van der Waals surface area contributed by atoms with Crippen molar-refractivity contribution in [2.75, 3.05) is 26.4 Å². The summed E-state index contributed by atoms with van der Waals surface area (Å²) in [7, 11) is 0. The van der Waals surface area contributed by atoms with Crippen LogP contribution in [0.2, 0.25) is 0 Å². The predicted octanol–water partition coefficient (Wildman–Crippen LogP) is 6.98. The summed E-state index contributed by atoms with van der Waals surface area (Å²) < 4.78 is 33.2. The van der Waals surface area contributed by atoms with Gasteiger partial charge in [-0.3, -0.25) is 0 Å². The first-order valence-corrected chi connectivity index (χ1v) is 14.9. The lowest BCUT2D eigenvalue weighted by Gasteiger charge is -2.39. The third-order valence-electron chi connectivity index (χ3n) is 8.98. The van der Waals surface area contributed by atoms with Crippen molar-refractivity contribution in [2.24, 2.45) is 5.92 Å². The average Bonchev–Trinajstić information content (AvgIpc) is 2.92. The number of hydrogen-bond donors (Lipinski definition) is 1. The number of hydrogen-bond acceptors (Lipinski definition) is 5. The van der Waals surface area contributed by atoms with E-state index in [0.717, 1.165) is 84.5 Å². The highest BCUT2D eigenvalue weighted by atomic mass is 19.1. The Morgan fingerprint density at radius 1 is 1.12 bits per heavy atom. The minimum atomic E-state index is -1.21. The molecule has 0 spiro atoms. The molecular weight excluding hydrogens is 521 g/mol. The van der Waals surface area contributed by atoms with Crippen LogP contribution >= 0.6 is 0 Å². The highest BCUT2D eigenvalue weighted by molar-refractivity contribution is 5.86. The van der Waals surface area contributed by atoms with Crippen LogP contribution < -0.4 is 4.74 Å². The van der Waals surface area contributed by atoms with Crippen LogP contribution in [0.15, 0.2) is 18.3 Å². The Labute approximate surface area is 243 Å². The van der Waals surface area contributed by atoms with Crippen molar-refractivity contribution >= 4 is 5.97 Å². The topological polar surface area (TPSA) is 68.2 Å². The number of benzene rings is 2. The van der Waals surface area contributed by atoms with Crippen LogP contribution in [0.1, 0.15) is 85.1 Å². The predicted molar refractivity (Wildman–Crippen MR) is 158 cm³/mol. The summed E-state index contributed by atoms with van der Waals surface area (Å²) in [6.45, 7) is 19.8. The van der Waals surface area contributed by atoms with Crippen LogP contribution in [-0.2, 0) is 33.7 Å². The van der Waals surface area contributed by atoms with Gasteiger partial charge < -0.3 is 24.2 Å². The molecule has 2 aromatic carbocycles. The molecule has 0 amide bonds. The van der Waals surface area contributed by atoms with Gasteiger partial charge in [0.25, 0.3) is 0 Å². The number of rotatable bonds is 6. The number of aliphatic carboxylic acids is 1. The molecule has 222 valence electrons. The van der Waals surface area contributed by atoms with Crippen LogP contribution in [0.5, 0.6) is 5.75 Å². The zero-order valence-corrected chi connectivity index (χ0v) is 25.4. The molecule has 2 aromatic rings. The van der Waals surface area contributed by atoms with Crippen molar-refractivity contribution in [1.29, 1.82) is 0 Å². The second-order valence-electron chi connectivity index (χ2n) is 12.9. The number of allylic oxidation sites excluding steroid dienone is 1. The molecule has 3 aliphatic heterocycles. The summed E-state index contributed by atoms with van der Waals surface area (Å²) in [5.41, 5.74) is 8.38. The van der Waals surface area contributed by atoms with Gasteiger partial charge >= 0.3 is 5.97 Å². The van der Waals surface area contributed by atoms with Crippen molar-refractivity contribution in [1.82, 2.24) is 4.90 Å². The first-order valence-electron chi connectivity index (χ1n) is 14.9. The van der Waals surface area contributed by atoms with E-state index in [1.165, 1.54) is 11.6 Å². The maximum absolute atomic E-state index is 15.6. The Kier molecular flexibility index (Phi) is 8.23. The van der Waals surface area contributed by atoms with Crippen LogP contribution in [0, 0.1) is 32.5 Å². The number of ether oxygens (including phenoxy) is 3. The smallest absolute Gasteiger partial charge is 0.337 e. The van der Waals surface area contributed by atoms with E-state index in [1.54, 1.807) is 0 Å². The molecule has 41 heavy (non-hydrogen) atoms. The average molecular weight is 566 g/mol. The van der Waals surface area contributed by atoms with Gasteiger partial charge in [-0.1, -0.05) is 6.58 Å². The van der Waals surface area contributed by atoms with Crippen LogP contribution in [0.25, 0.3) is 11.1 Å². The molecule has 0 bridgehead atoms. The van der Waals surface area contributed by atoms with E-state index in [-0.39, 0.29) is 0 Å². The first-order chi connectivity index (χ1) is 19.4. The number of carboxylic acids is 1. The summed E-state index contributed by atoms with van der Waals surface area (Å²) in [6.07, 6.45) is 3.06. The lowest BCUT2D eigenvalue weighted by molar-refractivity contribution is -0.160. The number of fused-ring (bicyclic) bond motifs is 2. The number of nitrogens with zero attached hydrogens (tertiary/aromatic N) is 1. The molecule has 0 aliphatic carbocycles. The standard InChI is InChI=1S/C34H44FNO5/c1-19-15-25-21(3)30(32(33(37)38)41-34(5,6)7)29(26-16-28(35)31-24(20(26)2)9-8-12-40-31)22(4)27(25)18-36(19)17-23-10-13-39-14-11-23/h16,23,32H,1,8-15,17-18H2,2-7H3,(H,37,38)/t32-/m0/s1. The molecule has 0 saturated carbocycles. The zero-order valence-electron chi connectivity index (χ0n) is 25.4. The zero-order chi connectivity index (χ0) is 29.6. The molecule has 3 aliphatic rings. The Morgan fingerprint density at radius 2 is 1.83 bits per heavy atom. The van der Waals surface area contributed by atoms with E-state index >= 15 is 4.39 Å². The molecule has 5 rings (SSSR count). The Bertz CT molecular complexity index is 1370. The van der Waals surface area contributed by atoms with E-state index < -0.39 is 23.5 Å². The normalized spacial score (nSPS) is 18.5. The van der Waals surface area contributed by atoms with E-state index in [0.29, 0.717) is 42.4 Å². The van der Waals surface area contributed by atoms with Gasteiger partial charge in [0.1, 0.15) is 0 Å². The van der Waals surface area contributed by atoms with E-state index in [1.807, 2.05) is 34.6 Å². The molecule has 7 heteroatoms. The summed E-state index contributed by atoms with van der Waals surface area (Å²) in [4.78, 5) is 15.2. The third kappa shape index (κ3) is 5.76. The number of halogens is 1. The first kappa shape index (κ1) is 29.6. The second kappa shape index (κ2) is 11.4. The second-order valence-corrected chi connectivity index (χ2v) is 12.9. The van der Waals surface area contributed by atoms with Crippen molar-refractivity contribution in [3.63, 3.8) is 0 Å². The van der Waals surface area contributed by atoms with Crippen molar-refractivity contribution in [3.05, 3.63) is 63.1 Å². The summed E-state index contributed by atoms with van der Waals surface area (Å²) in [5.74, 6) is -0.584. The lowest BCUT2D eigenvalue weighted by atomic mass is 9.78. The van der Waals surface area contributed by atoms with E-state index in [9.17, 15) is 9.90 Å². The van der Waals surface area contributed by atoms with Gasteiger partial charge in [0.15, 0.2) is 17.7 Å². The van der Waals surface area contributed by atoms with Gasteiger partial charge in [-0.25, -0.2) is 9.18 Å². The summed E-state index contributed by atoms with van der Waals surface area (Å²) >= 11 is 0. The highest BCUT2D eigenvalue weighted by Gasteiger charge is 2.36. The quantitative estimate of drug-likeness (QED) is 0.408.